The van der Waals surface area contributed by atoms with E-state index in [0.717, 1.165) is 29.7 Å². The van der Waals surface area contributed by atoms with Gasteiger partial charge in [0.25, 0.3) is 5.88 Å². The first-order valence-corrected chi connectivity index (χ1v) is 12.3. The summed E-state index contributed by atoms with van der Waals surface area (Å²) in [5, 5.41) is 12.9. The molecule has 6 nitrogen and oxygen atoms in total. The van der Waals surface area contributed by atoms with E-state index in [-0.39, 0.29) is 10.9 Å². The van der Waals surface area contributed by atoms with E-state index >= 15 is 0 Å². The van der Waals surface area contributed by atoms with Crippen LogP contribution in [-0.2, 0) is 0 Å². The Morgan fingerprint density at radius 3 is 2.54 bits per heavy atom. The third-order valence-corrected chi connectivity index (χ3v) is 6.89. The number of Topliss-reactive ketones (excluding diaryl/α,β-unsaturated/α-hetero) is 1. The van der Waals surface area contributed by atoms with Crippen molar-refractivity contribution in [3.8, 4) is 11.6 Å². The van der Waals surface area contributed by atoms with Gasteiger partial charge in [-0.1, -0.05) is 53.0 Å². The van der Waals surface area contributed by atoms with Crippen molar-refractivity contribution in [1.29, 1.82) is 0 Å². The second kappa shape index (κ2) is 9.43. The zero-order chi connectivity index (χ0) is 24.9. The number of para-hydroxylation sites is 1. The molecule has 179 valence electrons. The highest BCUT2D eigenvalue weighted by Gasteiger charge is 2.34. The minimum atomic E-state index is -0.218. The highest BCUT2D eigenvalue weighted by atomic mass is 35.5. The Morgan fingerprint density at radius 2 is 1.83 bits per heavy atom. The molecule has 35 heavy (non-hydrogen) atoms. The maximum absolute atomic E-state index is 13.4. The molecule has 3 aromatic rings. The molecule has 1 saturated carbocycles. The van der Waals surface area contributed by atoms with Crippen LogP contribution in [0.4, 0.5) is 5.69 Å². The molecule has 0 saturated heterocycles. The molecule has 9 heteroatoms. The summed E-state index contributed by atoms with van der Waals surface area (Å²) < 4.78 is 6.39. The Labute approximate surface area is 219 Å². The van der Waals surface area contributed by atoms with Gasteiger partial charge in [-0.25, -0.2) is 5.01 Å². The number of benzene rings is 2. The zero-order valence-electron chi connectivity index (χ0n) is 19.3. The number of rotatable bonds is 6. The number of likely N-dealkylation sites (N-methyl/N-ethyl adjacent to an activating group) is 1. The third kappa shape index (κ3) is 4.64. The summed E-state index contributed by atoms with van der Waals surface area (Å²) in [4.78, 5) is 13.4. The van der Waals surface area contributed by atoms with Crippen LogP contribution in [0.2, 0.25) is 15.2 Å². The van der Waals surface area contributed by atoms with E-state index in [4.69, 9.17) is 39.5 Å². The topological polar surface area (TPSA) is 58.6 Å². The monoisotopic (exact) mass is 527 g/mol. The zero-order valence-corrected chi connectivity index (χ0v) is 21.6. The Balaban J connectivity index is 1.55. The van der Waals surface area contributed by atoms with Crippen LogP contribution in [0.3, 0.4) is 0 Å². The molecule has 0 amide bonds. The number of allylic oxidation sites excluding steroid dienone is 1. The average molecular weight is 529 g/mol. The Bertz CT molecular complexity index is 1370. The number of aromatic nitrogens is 2. The number of carbonyl (C=O) groups excluding carboxylic acids is 1. The minimum Gasteiger partial charge on any atom is -0.435 e. The average Bonchev–Trinajstić information content (AvgIpc) is 3.61. The largest absolute Gasteiger partial charge is 0.435 e. The summed E-state index contributed by atoms with van der Waals surface area (Å²) in [6.45, 7) is 5.60. The number of halogens is 3. The lowest BCUT2D eigenvalue weighted by molar-refractivity contribution is 0.103. The lowest BCUT2D eigenvalue weighted by Gasteiger charge is -2.28. The number of hydrogen-bond acceptors (Lipinski definition) is 6. The lowest BCUT2D eigenvalue weighted by atomic mass is 10.0. The van der Waals surface area contributed by atoms with E-state index in [2.05, 4.69) is 16.3 Å². The number of aryl methyl sites for hydroxylation is 1. The number of carbonyl (C=O) groups is 1. The summed E-state index contributed by atoms with van der Waals surface area (Å²) in [6.07, 6.45) is 2.28. The van der Waals surface area contributed by atoms with Crippen LogP contribution in [0, 0.1) is 13.5 Å². The van der Waals surface area contributed by atoms with Crippen LogP contribution >= 0.6 is 34.8 Å². The van der Waals surface area contributed by atoms with Gasteiger partial charge in [0.1, 0.15) is 11.4 Å². The van der Waals surface area contributed by atoms with Gasteiger partial charge >= 0.3 is 0 Å². The van der Waals surface area contributed by atoms with Gasteiger partial charge in [0, 0.05) is 35.0 Å². The molecule has 0 unspecified atom stereocenters. The summed E-state index contributed by atoms with van der Waals surface area (Å²) in [6, 6.07) is 12.6. The Morgan fingerprint density at radius 1 is 1.06 bits per heavy atom. The molecule has 1 fully saturated rings. The number of hydrazine groups is 1. The molecule has 0 spiro atoms. The quantitative estimate of drug-likeness (QED) is 0.311. The Hall–Kier alpha value is -2.64. The summed E-state index contributed by atoms with van der Waals surface area (Å²) in [5.74, 6) is 1.35. The van der Waals surface area contributed by atoms with E-state index < -0.39 is 0 Å². The normalized spacial score (nSPS) is 16.2. The SMILES string of the molecule is CC1=C(C(=O)c2ccc(Cl)cc2Cl)[CH]N(C)N1c1cc(Cl)nnc1Oc1c(C)cccc1C1CC1. The predicted molar refractivity (Wildman–Crippen MR) is 138 cm³/mol. The van der Waals surface area contributed by atoms with Crippen molar-refractivity contribution in [3.05, 3.63) is 92.2 Å². The van der Waals surface area contributed by atoms with Gasteiger partial charge in [-0.3, -0.25) is 9.80 Å². The maximum Gasteiger partial charge on any atom is 0.264 e. The molecule has 2 aromatic carbocycles. The highest BCUT2D eigenvalue weighted by Crippen LogP contribution is 2.47. The van der Waals surface area contributed by atoms with E-state index in [0.29, 0.717) is 44.4 Å². The van der Waals surface area contributed by atoms with Crippen LogP contribution in [-0.4, -0.2) is 28.0 Å². The first kappa shape index (κ1) is 24.1. The molecule has 2 heterocycles. The van der Waals surface area contributed by atoms with Gasteiger partial charge in [0.15, 0.2) is 10.9 Å². The van der Waals surface area contributed by atoms with Gasteiger partial charge in [0.05, 0.1) is 11.6 Å². The molecule has 0 bridgehead atoms. The summed E-state index contributed by atoms with van der Waals surface area (Å²) >= 11 is 18.6. The molecular formula is C26H22Cl3N4O2. The van der Waals surface area contributed by atoms with E-state index in [9.17, 15) is 4.79 Å². The van der Waals surface area contributed by atoms with Gasteiger partial charge in [0.2, 0.25) is 0 Å². The molecule has 1 aliphatic carbocycles. The molecule has 2 aliphatic rings. The number of nitrogens with zero attached hydrogens (tertiary/aromatic N) is 4. The second-order valence-electron chi connectivity index (χ2n) is 8.69. The number of ketones is 1. The van der Waals surface area contributed by atoms with Crippen molar-refractivity contribution in [2.45, 2.75) is 32.6 Å². The van der Waals surface area contributed by atoms with Crippen molar-refractivity contribution in [2.75, 3.05) is 12.1 Å². The highest BCUT2D eigenvalue weighted by molar-refractivity contribution is 6.37. The van der Waals surface area contributed by atoms with Crippen molar-refractivity contribution < 1.29 is 9.53 Å². The number of ether oxygens (including phenoxy) is 1. The number of anilines is 1. The standard InChI is InChI=1S/C26H22Cl3N4O2/c1-14-5-4-6-18(16-7-8-16)25(14)35-26-22(12-23(29)30-31-26)33-15(2)20(13-32(33)3)24(34)19-10-9-17(27)11-21(19)28/h4-6,9-13,16H,7-8H2,1-3H3. The van der Waals surface area contributed by atoms with Crippen LogP contribution < -0.4 is 9.75 Å². The van der Waals surface area contributed by atoms with Crippen LogP contribution in [0.1, 0.15) is 47.2 Å². The van der Waals surface area contributed by atoms with Gasteiger partial charge < -0.3 is 4.74 Å². The lowest BCUT2D eigenvalue weighted by Crippen LogP contribution is -2.32. The van der Waals surface area contributed by atoms with E-state index in [1.165, 1.54) is 0 Å². The molecule has 0 atom stereocenters. The van der Waals surface area contributed by atoms with Gasteiger partial charge in [-0.15, -0.1) is 10.2 Å². The van der Waals surface area contributed by atoms with Crippen LogP contribution in [0.15, 0.2) is 53.7 Å². The van der Waals surface area contributed by atoms with Crippen molar-refractivity contribution >= 4 is 46.3 Å². The molecular weight excluding hydrogens is 507 g/mol. The van der Waals surface area contributed by atoms with Crippen LogP contribution in [0.25, 0.3) is 0 Å². The molecule has 1 radical (unpaired) electrons. The smallest absolute Gasteiger partial charge is 0.264 e. The minimum absolute atomic E-state index is 0.210. The molecule has 5 rings (SSSR count). The summed E-state index contributed by atoms with van der Waals surface area (Å²) in [5.41, 5.74) is 4.26. The maximum atomic E-state index is 13.4. The van der Waals surface area contributed by atoms with E-state index in [1.54, 1.807) is 35.8 Å². The van der Waals surface area contributed by atoms with Crippen molar-refractivity contribution in [1.82, 2.24) is 15.2 Å². The molecule has 1 aromatic heterocycles. The van der Waals surface area contributed by atoms with Gasteiger partial charge in [-0.05, 0) is 61.9 Å². The van der Waals surface area contributed by atoms with Crippen molar-refractivity contribution in [2.24, 2.45) is 0 Å². The molecule has 1 aliphatic heterocycles. The Kier molecular flexibility index (Phi) is 6.49. The van der Waals surface area contributed by atoms with Crippen LogP contribution in [0.5, 0.6) is 11.6 Å². The van der Waals surface area contributed by atoms with E-state index in [1.807, 2.05) is 38.0 Å². The fourth-order valence-corrected chi connectivity index (χ4v) is 4.92. The third-order valence-electron chi connectivity index (χ3n) is 6.16. The van der Waals surface area contributed by atoms with Gasteiger partial charge in [-0.2, -0.15) is 0 Å². The summed E-state index contributed by atoms with van der Waals surface area (Å²) in [7, 11) is 1.83. The predicted octanol–water partition coefficient (Wildman–Crippen LogP) is 7.40. The molecule has 0 N–H and O–H groups in total. The fraction of sp³-hybridized carbons (Fsp3) is 0.231. The first-order valence-electron chi connectivity index (χ1n) is 11.1. The number of hydrogen-bond donors (Lipinski definition) is 0. The first-order chi connectivity index (χ1) is 16.7. The second-order valence-corrected chi connectivity index (χ2v) is 9.92. The fourth-order valence-electron chi connectivity index (χ4n) is 4.28. The van der Waals surface area contributed by atoms with Crippen molar-refractivity contribution in [3.63, 3.8) is 0 Å².